The van der Waals surface area contributed by atoms with Gasteiger partial charge in [0.2, 0.25) is 0 Å². The van der Waals surface area contributed by atoms with E-state index in [-0.39, 0.29) is 12.2 Å². The van der Waals surface area contributed by atoms with E-state index in [1.165, 1.54) is 0 Å². The first-order valence-electron chi connectivity index (χ1n) is 9.19. The van der Waals surface area contributed by atoms with Gasteiger partial charge in [-0.1, -0.05) is 36.4 Å². The molecule has 1 heterocycles. The molecule has 3 atom stereocenters. The third-order valence-corrected chi connectivity index (χ3v) is 4.36. The average molecular weight is 398 g/mol. The van der Waals surface area contributed by atoms with Crippen LogP contribution in [0.2, 0.25) is 0 Å². The number of aldehydes is 1. The molecule has 3 rings (SSSR count). The molecule has 152 valence electrons. The van der Waals surface area contributed by atoms with Crippen LogP contribution in [0, 0.1) is 0 Å². The van der Waals surface area contributed by atoms with Crippen LogP contribution in [0.4, 0.5) is 0 Å². The highest BCUT2D eigenvalue weighted by molar-refractivity contribution is 5.91. The van der Waals surface area contributed by atoms with Crippen LogP contribution >= 0.6 is 0 Å². The zero-order valence-corrected chi connectivity index (χ0v) is 16.1. The fourth-order valence-corrected chi connectivity index (χ4v) is 2.94. The summed E-state index contributed by atoms with van der Waals surface area (Å²) in [5.41, 5.74) is 0.575. The molecule has 0 spiro atoms. The van der Waals surface area contributed by atoms with Crippen molar-refractivity contribution in [2.45, 2.75) is 37.9 Å². The molecule has 2 aromatic rings. The van der Waals surface area contributed by atoms with Gasteiger partial charge in [-0.05, 0) is 38.1 Å². The Balaban J connectivity index is 1.81. The van der Waals surface area contributed by atoms with Gasteiger partial charge in [-0.15, -0.1) is 0 Å². The van der Waals surface area contributed by atoms with Crippen molar-refractivity contribution in [3.8, 4) is 0 Å². The maximum Gasteiger partial charge on any atom is 0.338 e. The van der Waals surface area contributed by atoms with Gasteiger partial charge in [0.1, 0.15) is 6.10 Å². The number of carbonyl (C=O) groups is 3. The maximum atomic E-state index is 12.6. The second-order valence-corrected chi connectivity index (χ2v) is 6.98. The van der Waals surface area contributed by atoms with E-state index in [4.69, 9.17) is 18.9 Å². The molecule has 0 aliphatic carbocycles. The molecular formula is C22H22O7. The Morgan fingerprint density at radius 3 is 1.93 bits per heavy atom. The minimum absolute atomic E-state index is 0.0764. The van der Waals surface area contributed by atoms with Gasteiger partial charge in [0, 0.05) is 0 Å². The van der Waals surface area contributed by atoms with Crippen LogP contribution in [0.15, 0.2) is 60.7 Å². The number of esters is 2. The van der Waals surface area contributed by atoms with E-state index in [0.29, 0.717) is 11.8 Å². The molecule has 1 saturated heterocycles. The number of rotatable bonds is 7. The van der Waals surface area contributed by atoms with Crippen LogP contribution in [0.5, 0.6) is 0 Å². The Morgan fingerprint density at radius 2 is 1.48 bits per heavy atom. The predicted molar refractivity (Wildman–Crippen MR) is 102 cm³/mol. The lowest BCUT2D eigenvalue weighted by Crippen LogP contribution is -2.46. The van der Waals surface area contributed by atoms with Gasteiger partial charge < -0.3 is 18.9 Å². The molecule has 0 unspecified atom stereocenters. The number of ether oxygens (including phenoxy) is 4. The maximum absolute atomic E-state index is 12.6. The normalized spacial score (nSPS) is 19.7. The lowest BCUT2D eigenvalue weighted by atomic mass is 10.1. The Morgan fingerprint density at radius 1 is 0.966 bits per heavy atom. The van der Waals surface area contributed by atoms with Gasteiger partial charge in [-0.2, -0.15) is 0 Å². The molecule has 29 heavy (non-hydrogen) atoms. The van der Waals surface area contributed by atoms with Crippen molar-refractivity contribution in [3.63, 3.8) is 0 Å². The zero-order valence-electron chi connectivity index (χ0n) is 16.1. The lowest BCUT2D eigenvalue weighted by Gasteiger charge is -2.28. The van der Waals surface area contributed by atoms with Crippen LogP contribution in [0.1, 0.15) is 34.6 Å². The van der Waals surface area contributed by atoms with Crippen LogP contribution < -0.4 is 0 Å². The molecule has 0 saturated carbocycles. The highest BCUT2D eigenvalue weighted by Gasteiger charge is 2.44. The Hall–Kier alpha value is -3.03. The van der Waals surface area contributed by atoms with E-state index in [1.807, 2.05) is 0 Å². The van der Waals surface area contributed by atoms with E-state index >= 15 is 0 Å². The molecule has 1 aliphatic heterocycles. The lowest BCUT2D eigenvalue weighted by molar-refractivity contribution is -0.163. The molecular weight excluding hydrogens is 376 g/mol. The van der Waals surface area contributed by atoms with Crippen molar-refractivity contribution >= 4 is 18.2 Å². The van der Waals surface area contributed by atoms with Gasteiger partial charge in [0.05, 0.1) is 17.7 Å². The molecule has 0 radical (unpaired) electrons. The van der Waals surface area contributed by atoms with Gasteiger partial charge in [0.25, 0.3) is 0 Å². The fraction of sp³-hybridized carbons (Fsp3) is 0.318. The van der Waals surface area contributed by atoms with E-state index in [0.717, 1.165) is 0 Å². The summed E-state index contributed by atoms with van der Waals surface area (Å²) in [4.78, 5) is 36.8. The van der Waals surface area contributed by atoms with Crippen molar-refractivity contribution in [1.29, 1.82) is 0 Å². The number of hydrogen-bond donors (Lipinski definition) is 0. The summed E-state index contributed by atoms with van der Waals surface area (Å²) in [5, 5.41) is 0. The number of hydrogen-bond acceptors (Lipinski definition) is 7. The first-order valence-corrected chi connectivity index (χ1v) is 9.19. The minimum atomic E-state index is -1.36. The largest absolute Gasteiger partial charge is 0.451 e. The van der Waals surface area contributed by atoms with Gasteiger partial charge in [-0.3, -0.25) is 4.79 Å². The first-order chi connectivity index (χ1) is 13.9. The molecule has 1 aliphatic rings. The van der Waals surface area contributed by atoms with Gasteiger partial charge in [0.15, 0.2) is 24.3 Å². The Bertz CT molecular complexity index is 848. The second kappa shape index (κ2) is 8.98. The van der Waals surface area contributed by atoms with Crippen LogP contribution in [0.3, 0.4) is 0 Å². The molecule has 7 nitrogen and oxygen atoms in total. The topological polar surface area (TPSA) is 88.1 Å². The SMILES string of the molecule is CC1(C)OC[C@H]([C@@H](OC(=O)c2ccccc2)[C@@H](C=O)OC(=O)c2ccccc2)O1. The van der Waals surface area contributed by atoms with Crippen molar-refractivity contribution < 1.29 is 33.3 Å². The van der Waals surface area contributed by atoms with Gasteiger partial charge in [-0.25, -0.2) is 9.59 Å². The van der Waals surface area contributed by atoms with Gasteiger partial charge >= 0.3 is 11.9 Å². The summed E-state index contributed by atoms with van der Waals surface area (Å²) in [6.45, 7) is 3.48. The van der Waals surface area contributed by atoms with E-state index in [2.05, 4.69) is 0 Å². The quantitative estimate of drug-likeness (QED) is 0.523. The predicted octanol–water partition coefficient (Wildman–Crippen LogP) is 2.79. The third kappa shape index (κ3) is 5.28. The zero-order chi connectivity index (χ0) is 20.9. The summed E-state index contributed by atoms with van der Waals surface area (Å²) in [6, 6.07) is 16.5. The molecule has 0 bridgehead atoms. The van der Waals surface area contributed by atoms with Crippen LogP contribution in [0.25, 0.3) is 0 Å². The van der Waals surface area contributed by atoms with E-state index in [9.17, 15) is 14.4 Å². The highest BCUT2D eigenvalue weighted by atomic mass is 16.8. The molecule has 0 aromatic heterocycles. The molecule has 2 aromatic carbocycles. The van der Waals surface area contributed by atoms with Crippen molar-refractivity contribution in [2.75, 3.05) is 6.61 Å². The number of benzene rings is 2. The summed E-state index contributed by atoms with van der Waals surface area (Å²) in [5.74, 6) is -2.29. The first kappa shape index (κ1) is 20.7. The third-order valence-electron chi connectivity index (χ3n) is 4.36. The molecule has 0 N–H and O–H groups in total. The van der Waals surface area contributed by atoms with Crippen LogP contribution in [-0.4, -0.2) is 48.9 Å². The summed E-state index contributed by atoms with van der Waals surface area (Å²) < 4.78 is 22.2. The minimum Gasteiger partial charge on any atom is -0.451 e. The average Bonchev–Trinajstić information content (AvgIpc) is 3.10. The monoisotopic (exact) mass is 398 g/mol. The van der Waals surface area contributed by atoms with Crippen LogP contribution in [-0.2, 0) is 23.7 Å². The van der Waals surface area contributed by atoms with Crippen molar-refractivity contribution in [2.24, 2.45) is 0 Å². The fourth-order valence-electron chi connectivity index (χ4n) is 2.94. The summed E-state index contributed by atoms with van der Waals surface area (Å²) in [6.07, 6.45) is -2.89. The van der Waals surface area contributed by atoms with E-state index in [1.54, 1.807) is 74.5 Å². The molecule has 0 amide bonds. The Labute approximate surface area is 168 Å². The number of carbonyl (C=O) groups excluding carboxylic acids is 3. The van der Waals surface area contributed by atoms with Crippen molar-refractivity contribution in [1.82, 2.24) is 0 Å². The van der Waals surface area contributed by atoms with E-state index < -0.39 is 36.0 Å². The molecule has 1 fully saturated rings. The second-order valence-electron chi connectivity index (χ2n) is 6.98. The highest BCUT2D eigenvalue weighted by Crippen LogP contribution is 2.28. The Kier molecular flexibility index (Phi) is 6.41. The summed E-state index contributed by atoms with van der Waals surface area (Å²) >= 11 is 0. The standard InChI is InChI=1S/C22H22O7/c1-22(2)26-14-18(29-22)19(28-21(25)16-11-7-4-8-12-16)17(13-23)27-20(24)15-9-5-3-6-10-15/h3-13,17-19H,14H2,1-2H3/t17-,18-,19+/m1/s1. The molecule has 7 heteroatoms. The summed E-state index contributed by atoms with van der Waals surface area (Å²) in [7, 11) is 0. The smallest absolute Gasteiger partial charge is 0.338 e. The van der Waals surface area contributed by atoms with Crippen molar-refractivity contribution in [3.05, 3.63) is 71.8 Å².